The largest absolute Gasteiger partial charge is 0.298 e. The summed E-state index contributed by atoms with van der Waals surface area (Å²) in [5.74, 6) is 0. The van der Waals surface area contributed by atoms with E-state index in [0.29, 0.717) is 23.2 Å². The quantitative estimate of drug-likeness (QED) is 0.771. The predicted molar refractivity (Wildman–Crippen MR) is 109 cm³/mol. The molecule has 0 aliphatic carbocycles. The van der Waals surface area contributed by atoms with Crippen LogP contribution in [0.1, 0.15) is 61.8 Å². The van der Waals surface area contributed by atoms with Gasteiger partial charge in [0.05, 0.1) is 0 Å². The van der Waals surface area contributed by atoms with Crippen molar-refractivity contribution in [2.75, 3.05) is 52.4 Å². The summed E-state index contributed by atoms with van der Waals surface area (Å²) in [6.07, 6.45) is 1.30. The molecular weight excluding hydrogens is 308 g/mol. The molecule has 0 aromatic heterocycles. The molecule has 0 amide bonds. The molecule has 2 unspecified atom stereocenters. The highest BCUT2D eigenvalue weighted by molar-refractivity contribution is 4.87. The molecule has 2 saturated heterocycles. The summed E-state index contributed by atoms with van der Waals surface area (Å²) in [7, 11) is 0. The van der Waals surface area contributed by atoms with Crippen molar-refractivity contribution in [2.24, 2.45) is 0 Å². The molecule has 0 saturated carbocycles. The van der Waals surface area contributed by atoms with Crippen LogP contribution < -0.4 is 0 Å². The van der Waals surface area contributed by atoms with Crippen molar-refractivity contribution < 1.29 is 0 Å². The van der Waals surface area contributed by atoms with Gasteiger partial charge < -0.3 is 0 Å². The Bertz CT molecular complexity index is 355. The molecule has 2 aliphatic heterocycles. The normalized spacial score (nSPS) is 25.9. The maximum Gasteiger partial charge on any atom is 0.0126 e. The third-order valence-corrected chi connectivity index (χ3v) is 6.45. The van der Waals surface area contributed by atoms with E-state index in [-0.39, 0.29) is 0 Å². The molecule has 2 rings (SSSR count). The van der Waals surface area contributed by atoms with Crippen LogP contribution in [-0.4, -0.2) is 95.1 Å². The topological polar surface area (TPSA) is 13.0 Å². The minimum Gasteiger partial charge on any atom is -0.298 e. The van der Waals surface area contributed by atoms with Gasteiger partial charge in [-0.25, -0.2) is 0 Å². The second kappa shape index (κ2) is 8.24. The first kappa shape index (κ1) is 21.1. The molecule has 0 aromatic rings. The van der Waals surface area contributed by atoms with Crippen molar-refractivity contribution in [3.63, 3.8) is 0 Å². The minimum absolute atomic E-state index is 0.315. The molecule has 0 aromatic carbocycles. The number of rotatable bonds is 4. The lowest BCUT2D eigenvalue weighted by atomic mass is 10.0. The van der Waals surface area contributed by atoms with E-state index < -0.39 is 0 Å². The number of hydrogen-bond donors (Lipinski definition) is 0. The van der Waals surface area contributed by atoms with E-state index >= 15 is 0 Å². The lowest BCUT2D eigenvalue weighted by Crippen LogP contribution is -2.57. The molecule has 0 spiro atoms. The Morgan fingerprint density at radius 2 is 0.840 bits per heavy atom. The predicted octanol–water partition coefficient (Wildman–Crippen LogP) is 2.99. The van der Waals surface area contributed by atoms with Crippen molar-refractivity contribution in [1.29, 1.82) is 0 Å². The molecule has 0 bridgehead atoms. The van der Waals surface area contributed by atoms with E-state index in [1.54, 1.807) is 0 Å². The van der Waals surface area contributed by atoms with Crippen LogP contribution >= 0.6 is 0 Å². The lowest BCUT2D eigenvalue weighted by Gasteiger charge is -2.46. The smallest absolute Gasteiger partial charge is 0.0126 e. The van der Waals surface area contributed by atoms with E-state index in [1.165, 1.54) is 58.8 Å². The molecular formula is C21H44N4. The van der Waals surface area contributed by atoms with Crippen LogP contribution in [0.3, 0.4) is 0 Å². The Balaban J connectivity index is 1.75. The Hall–Kier alpha value is -0.160. The van der Waals surface area contributed by atoms with Gasteiger partial charge >= 0.3 is 0 Å². The Labute approximate surface area is 157 Å². The van der Waals surface area contributed by atoms with Crippen molar-refractivity contribution in [1.82, 2.24) is 19.6 Å². The van der Waals surface area contributed by atoms with Crippen LogP contribution in [0, 0.1) is 0 Å². The fourth-order valence-corrected chi connectivity index (χ4v) is 4.46. The van der Waals surface area contributed by atoms with Gasteiger partial charge in [-0.3, -0.25) is 19.6 Å². The van der Waals surface area contributed by atoms with Crippen LogP contribution in [0.4, 0.5) is 0 Å². The van der Waals surface area contributed by atoms with Crippen LogP contribution in [0.5, 0.6) is 0 Å². The average molecular weight is 353 g/mol. The van der Waals surface area contributed by atoms with Gasteiger partial charge in [0, 0.05) is 75.5 Å². The Kier molecular flexibility index (Phi) is 6.97. The van der Waals surface area contributed by atoms with E-state index in [0.717, 1.165) is 0 Å². The van der Waals surface area contributed by atoms with E-state index in [9.17, 15) is 0 Å². The summed E-state index contributed by atoms with van der Waals surface area (Å²) >= 11 is 0. The van der Waals surface area contributed by atoms with Crippen LogP contribution in [0.25, 0.3) is 0 Å². The molecule has 2 atom stereocenters. The number of hydrogen-bond acceptors (Lipinski definition) is 4. The standard InChI is InChI=1S/C21H44N4/c1-18(22-9-13-24(14-10-22)20(3,4)5)17-19(2)23-11-15-25(16-12-23)21(6,7)8/h18-19H,9-17H2,1-8H3. The van der Waals surface area contributed by atoms with Crippen molar-refractivity contribution in [3.8, 4) is 0 Å². The molecule has 4 heteroatoms. The van der Waals surface area contributed by atoms with Crippen molar-refractivity contribution in [3.05, 3.63) is 0 Å². The van der Waals surface area contributed by atoms with Gasteiger partial charge in [0.15, 0.2) is 0 Å². The van der Waals surface area contributed by atoms with Crippen molar-refractivity contribution in [2.45, 2.75) is 85.0 Å². The minimum atomic E-state index is 0.315. The van der Waals surface area contributed by atoms with E-state index in [1.807, 2.05) is 0 Å². The SMILES string of the molecule is CC(CC(C)N1CCN(C(C)(C)C)CC1)N1CCN(C(C)(C)C)CC1. The first-order chi connectivity index (χ1) is 11.5. The molecule has 0 radical (unpaired) electrons. The summed E-state index contributed by atoms with van der Waals surface area (Å²) in [6.45, 7) is 28.7. The molecule has 148 valence electrons. The molecule has 2 fully saturated rings. The third kappa shape index (κ3) is 5.92. The van der Waals surface area contributed by atoms with Gasteiger partial charge in [0.1, 0.15) is 0 Å². The number of nitrogens with zero attached hydrogens (tertiary/aromatic N) is 4. The van der Waals surface area contributed by atoms with E-state index in [4.69, 9.17) is 0 Å². The summed E-state index contributed by atoms with van der Waals surface area (Å²) < 4.78 is 0. The lowest BCUT2D eigenvalue weighted by molar-refractivity contribution is 0.0211. The van der Waals surface area contributed by atoms with E-state index in [2.05, 4.69) is 75.0 Å². The Morgan fingerprint density at radius 1 is 0.560 bits per heavy atom. The molecule has 4 nitrogen and oxygen atoms in total. The number of piperazine rings is 2. The molecule has 2 heterocycles. The third-order valence-electron chi connectivity index (χ3n) is 6.45. The second-order valence-corrected chi connectivity index (χ2v) is 10.3. The fourth-order valence-electron chi connectivity index (χ4n) is 4.46. The molecule has 0 N–H and O–H groups in total. The summed E-state index contributed by atoms with van der Waals surface area (Å²) in [5.41, 5.74) is 0.630. The zero-order valence-electron chi connectivity index (χ0n) is 18.3. The zero-order valence-corrected chi connectivity index (χ0v) is 18.3. The first-order valence-corrected chi connectivity index (χ1v) is 10.5. The highest BCUT2D eigenvalue weighted by atomic mass is 15.3. The monoisotopic (exact) mass is 352 g/mol. The maximum atomic E-state index is 2.71. The summed E-state index contributed by atoms with van der Waals surface area (Å²) in [5, 5.41) is 0. The van der Waals surface area contributed by atoms with Crippen LogP contribution in [0.15, 0.2) is 0 Å². The Morgan fingerprint density at radius 3 is 1.08 bits per heavy atom. The van der Waals surface area contributed by atoms with Crippen LogP contribution in [-0.2, 0) is 0 Å². The van der Waals surface area contributed by atoms with Crippen LogP contribution in [0.2, 0.25) is 0 Å². The maximum absolute atomic E-state index is 2.71. The average Bonchev–Trinajstić information content (AvgIpc) is 2.53. The van der Waals surface area contributed by atoms with Gasteiger partial charge in [-0.05, 0) is 61.8 Å². The molecule has 2 aliphatic rings. The highest BCUT2D eigenvalue weighted by Crippen LogP contribution is 2.21. The highest BCUT2D eigenvalue weighted by Gasteiger charge is 2.31. The van der Waals surface area contributed by atoms with Gasteiger partial charge in [-0.2, -0.15) is 0 Å². The fraction of sp³-hybridized carbons (Fsp3) is 1.00. The second-order valence-electron chi connectivity index (χ2n) is 10.3. The summed E-state index contributed by atoms with van der Waals surface area (Å²) in [4.78, 5) is 10.7. The summed E-state index contributed by atoms with van der Waals surface area (Å²) in [6, 6.07) is 1.38. The van der Waals surface area contributed by atoms with Crippen molar-refractivity contribution >= 4 is 0 Å². The van der Waals surface area contributed by atoms with Gasteiger partial charge in [-0.15, -0.1) is 0 Å². The molecule has 25 heavy (non-hydrogen) atoms. The van der Waals surface area contributed by atoms with Gasteiger partial charge in [0.2, 0.25) is 0 Å². The zero-order chi connectivity index (χ0) is 18.8. The van der Waals surface area contributed by atoms with Gasteiger partial charge in [-0.1, -0.05) is 0 Å². The first-order valence-electron chi connectivity index (χ1n) is 10.5. The van der Waals surface area contributed by atoms with Gasteiger partial charge in [0.25, 0.3) is 0 Å².